The van der Waals surface area contributed by atoms with Crippen molar-refractivity contribution in [2.24, 2.45) is 0 Å². The number of anilines is 1. The molecule has 0 bridgehead atoms. The van der Waals surface area contributed by atoms with E-state index in [0.29, 0.717) is 39.9 Å². The van der Waals surface area contributed by atoms with Crippen LogP contribution in [0.25, 0.3) is 0 Å². The first-order chi connectivity index (χ1) is 16.6. The zero-order chi connectivity index (χ0) is 23.9. The van der Waals surface area contributed by atoms with Crippen molar-refractivity contribution in [3.05, 3.63) is 70.2 Å². The molecule has 0 fully saturated rings. The summed E-state index contributed by atoms with van der Waals surface area (Å²) in [5.41, 5.74) is 1.33. The van der Waals surface area contributed by atoms with Crippen LogP contribution < -0.4 is 10.1 Å². The largest absolute Gasteiger partial charge is 0.494 e. The number of benzene rings is 2. The van der Waals surface area contributed by atoms with Gasteiger partial charge >= 0.3 is 0 Å². The Kier molecular flexibility index (Phi) is 7.64. The van der Waals surface area contributed by atoms with E-state index in [4.69, 9.17) is 4.74 Å². The molecule has 9 heteroatoms. The third-order valence-electron chi connectivity index (χ3n) is 5.50. The number of carbonyl (C=O) groups is 3. The lowest BCUT2D eigenvalue weighted by Crippen LogP contribution is -2.31. The normalized spacial score (nSPS) is 12.7. The molecular formula is C25H26N4O4S. The van der Waals surface area contributed by atoms with Crippen LogP contribution in [-0.4, -0.2) is 46.0 Å². The molecule has 1 N–H and O–H groups in total. The van der Waals surface area contributed by atoms with Gasteiger partial charge in [-0.1, -0.05) is 49.7 Å². The fourth-order valence-corrected chi connectivity index (χ4v) is 4.37. The van der Waals surface area contributed by atoms with Gasteiger partial charge in [0.05, 0.1) is 17.7 Å². The van der Waals surface area contributed by atoms with Gasteiger partial charge in [0.2, 0.25) is 5.13 Å². The van der Waals surface area contributed by atoms with Crippen LogP contribution >= 0.6 is 11.3 Å². The minimum absolute atomic E-state index is 0.203. The first kappa shape index (κ1) is 23.6. The fraction of sp³-hybridized carbons (Fsp3) is 0.320. The number of rotatable bonds is 11. The van der Waals surface area contributed by atoms with Gasteiger partial charge in [0.1, 0.15) is 10.8 Å². The van der Waals surface area contributed by atoms with Crippen molar-refractivity contribution in [1.29, 1.82) is 0 Å². The van der Waals surface area contributed by atoms with E-state index >= 15 is 0 Å². The third kappa shape index (κ3) is 5.48. The van der Waals surface area contributed by atoms with Crippen molar-refractivity contribution >= 4 is 34.2 Å². The van der Waals surface area contributed by atoms with Crippen LogP contribution in [0.15, 0.2) is 48.5 Å². The molecule has 34 heavy (non-hydrogen) atoms. The Balaban J connectivity index is 1.26. The first-order valence-electron chi connectivity index (χ1n) is 11.4. The number of hydrogen-bond acceptors (Lipinski definition) is 7. The molecule has 1 aromatic heterocycles. The number of imide groups is 1. The number of ether oxygens (including phenoxy) is 1. The van der Waals surface area contributed by atoms with Gasteiger partial charge in [0.15, 0.2) is 0 Å². The van der Waals surface area contributed by atoms with Crippen molar-refractivity contribution < 1.29 is 19.1 Å². The van der Waals surface area contributed by atoms with Crippen LogP contribution in [0.1, 0.15) is 68.7 Å². The van der Waals surface area contributed by atoms with E-state index in [9.17, 15) is 14.4 Å². The molecule has 4 rings (SSSR count). The van der Waals surface area contributed by atoms with Crippen molar-refractivity contribution in [2.75, 3.05) is 18.5 Å². The van der Waals surface area contributed by atoms with E-state index in [1.165, 1.54) is 29.1 Å². The summed E-state index contributed by atoms with van der Waals surface area (Å²) in [7, 11) is 0. The zero-order valence-electron chi connectivity index (χ0n) is 19.0. The molecular weight excluding hydrogens is 452 g/mol. The number of aromatic nitrogens is 2. The second kappa shape index (κ2) is 11.0. The van der Waals surface area contributed by atoms with Crippen LogP contribution in [0.3, 0.4) is 0 Å². The molecule has 1 aliphatic rings. The Hall–Kier alpha value is -3.59. The molecule has 176 valence electrons. The lowest BCUT2D eigenvalue weighted by molar-refractivity contribution is 0.0655. The number of fused-ring (bicyclic) bond motifs is 1. The van der Waals surface area contributed by atoms with Crippen LogP contribution in [0.2, 0.25) is 0 Å². The molecule has 0 radical (unpaired) electrons. The summed E-state index contributed by atoms with van der Waals surface area (Å²) in [5, 5.41) is 11.8. The molecule has 0 spiro atoms. The van der Waals surface area contributed by atoms with Crippen molar-refractivity contribution in [3.63, 3.8) is 0 Å². The van der Waals surface area contributed by atoms with Crippen molar-refractivity contribution in [2.45, 2.75) is 39.0 Å². The van der Waals surface area contributed by atoms with E-state index < -0.39 is 0 Å². The Morgan fingerprint density at radius 3 is 2.35 bits per heavy atom. The molecule has 0 aliphatic carbocycles. The van der Waals surface area contributed by atoms with Crippen LogP contribution in [0.5, 0.6) is 5.75 Å². The van der Waals surface area contributed by atoms with Gasteiger partial charge in [0.25, 0.3) is 17.7 Å². The van der Waals surface area contributed by atoms with Gasteiger partial charge in [-0.25, -0.2) is 0 Å². The standard InChI is InChI=1S/C25H26N4O4S/c1-2-3-4-7-16-33-18-12-10-17(11-13-18)22(30)26-25-28-27-21(34-25)14-15-29-23(31)19-8-5-6-9-20(19)24(29)32/h5-6,8-13H,2-4,7,14-16H2,1H3,(H,26,28,30). The SMILES string of the molecule is CCCCCCOc1ccc(C(=O)Nc2nnc(CCN3C(=O)c4ccccc4C3=O)s2)cc1. The Morgan fingerprint density at radius 1 is 0.971 bits per heavy atom. The van der Waals surface area contributed by atoms with Crippen molar-refractivity contribution in [1.82, 2.24) is 15.1 Å². The van der Waals surface area contributed by atoms with Gasteiger partial charge in [-0.15, -0.1) is 10.2 Å². The molecule has 3 amide bonds. The topological polar surface area (TPSA) is 101 Å². The summed E-state index contributed by atoms with van der Waals surface area (Å²) in [5.74, 6) is -0.156. The average molecular weight is 479 g/mol. The predicted octanol–water partition coefficient (Wildman–Crippen LogP) is 4.59. The molecule has 2 heterocycles. The summed E-state index contributed by atoms with van der Waals surface area (Å²) in [6.07, 6.45) is 4.93. The first-order valence-corrected chi connectivity index (χ1v) is 12.2. The maximum absolute atomic E-state index is 12.5. The Morgan fingerprint density at radius 2 is 1.68 bits per heavy atom. The average Bonchev–Trinajstić information content (AvgIpc) is 3.40. The second-order valence-corrected chi connectivity index (χ2v) is 9.01. The van der Waals surface area contributed by atoms with E-state index in [0.717, 1.165) is 18.6 Å². The number of amides is 3. The lowest BCUT2D eigenvalue weighted by atomic mass is 10.1. The maximum atomic E-state index is 12.5. The molecule has 8 nitrogen and oxygen atoms in total. The van der Waals surface area contributed by atoms with Crippen LogP contribution in [0.4, 0.5) is 5.13 Å². The second-order valence-electron chi connectivity index (χ2n) is 7.95. The van der Waals surface area contributed by atoms with Crippen LogP contribution in [-0.2, 0) is 6.42 Å². The molecule has 0 saturated carbocycles. The van der Waals surface area contributed by atoms with Gasteiger partial charge in [-0.05, 0) is 42.8 Å². The Bertz CT molecular complexity index is 1140. The van der Waals surface area contributed by atoms with E-state index in [2.05, 4.69) is 22.4 Å². The highest BCUT2D eigenvalue weighted by Gasteiger charge is 2.34. The number of nitrogens with zero attached hydrogens (tertiary/aromatic N) is 3. The number of carbonyl (C=O) groups excluding carboxylic acids is 3. The van der Waals surface area contributed by atoms with Gasteiger partial charge in [-0.2, -0.15) is 0 Å². The predicted molar refractivity (Wildman–Crippen MR) is 129 cm³/mol. The molecule has 0 unspecified atom stereocenters. The molecule has 1 aliphatic heterocycles. The molecule has 0 saturated heterocycles. The Labute approximate surface area is 202 Å². The lowest BCUT2D eigenvalue weighted by Gasteiger charge is -2.12. The molecule has 2 aromatic carbocycles. The van der Waals surface area contributed by atoms with Crippen LogP contribution in [0, 0.1) is 0 Å². The summed E-state index contributed by atoms with van der Waals surface area (Å²) < 4.78 is 5.71. The summed E-state index contributed by atoms with van der Waals surface area (Å²) in [6.45, 7) is 3.04. The highest BCUT2D eigenvalue weighted by Crippen LogP contribution is 2.24. The van der Waals surface area contributed by atoms with E-state index in [-0.39, 0.29) is 24.3 Å². The molecule has 3 aromatic rings. The summed E-state index contributed by atoms with van der Waals surface area (Å²) in [6, 6.07) is 13.8. The number of hydrogen-bond donors (Lipinski definition) is 1. The van der Waals surface area contributed by atoms with E-state index in [1.54, 1.807) is 48.5 Å². The minimum atomic E-state index is -0.299. The monoisotopic (exact) mass is 478 g/mol. The summed E-state index contributed by atoms with van der Waals surface area (Å²) >= 11 is 1.22. The van der Waals surface area contributed by atoms with E-state index in [1.807, 2.05) is 0 Å². The van der Waals surface area contributed by atoms with Gasteiger partial charge in [0, 0.05) is 18.5 Å². The number of nitrogens with one attached hydrogen (secondary N) is 1. The fourth-order valence-electron chi connectivity index (χ4n) is 3.65. The number of unbranched alkanes of at least 4 members (excludes halogenated alkanes) is 3. The van der Waals surface area contributed by atoms with Gasteiger partial charge < -0.3 is 4.74 Å². The highest BCUT2D eigenvalue weighted by molar-refractivity contribution is 7.15. The zero-order valence-corrected chi connectivity index (χ0v) is 19.8. The summed E-state index contributed by atoms with van der Waals surface area (Å²) in [4.78, 5) is 38.7. The molecule has 0 atom stereocenters. The smallest absolute Gasteiger partial charge is 0.261 e. The van der Waals surface area contributed by atoms with Gasteiger partial charge in [-0.3, -0.25) is 24.6 Å². The van der Waals surface area contributed by atoms with Crippen molar-refractivity contribution in [3.8, 4) is 5.75 Å². The minimum Gasteiger partial charge on any atom is -0.494 e. The third-order valence-corrected chi connectivity index (χ3v) is 6.40. The highest BCUT2D eigenvalue weighted by atomic mass is 32.1. The maximum Gasteiger partial charge on any atom is 0.261 e. The quantitative estimate of drug-likeness (QED) is 0.320.